The predicted octanol–water partition coefficient (Wildman–Crippen LogP) is 0.904. The summed E-state index contributed by atoms with van der Waals surface area (Å²) in [5, 5.41) is 0. The van der Waals surface area contributed by atoms with Gasteiger partial charge in [0.25, 0.3) is 5.56 Å². The van der Waals surface area contributed by atoms with E-state index in [1.54, 1.807) is 30.5 Å². The minimum Gasteiger partial charge on any atom is -0.399 e. The van der Waals surface area contributed by atoms with Gasteiger partial charge in [0.05, 0.1) is 10.6 Å². The number of aryl methyl sites for hydroxylation is 1. The van der Waals surface area contributed by atoms with Crippen LogP contribution in [0.1, 0.15) is 0 Å². The van der Waals surface area contributed by atoms with Crippen molar-refractivity contribution in [2.45, 2.75) is 11.4 Å². The maximum atomic E-state index is 12.1. The monoisotopic (exact) mass is 278 g/mol. The van der Waals surface area contributed by atoms with E-state index in [0.29, 0.717) is 5.69 Å². The summed E-state index contributed by atoms with van der Waals surface area (Å²) in [6.45, 7) is 0.122. The van der Waals surface area contributed by atoms with Crippen LogP contribution < -0.4 is 11.3 Å². The van der Waals surface area contributed by atoms with E-state index >= 15 is 0 Å². The van der Waals surface area contributed by atoms with Crippen molar-refractivity contribution in [2.24, 2.45) is 0 Å². The first kappa shape index (κ1) is 13.4. The number of sulfone groups is 1. The van der Waals surface area contributed by atoms with Gasteiger partial charge in [-0.25, -0.2) is 8.42 Å². The van der Waals surface area contributed by atoms with Crippen LogP contribution in [0.25, 0.3) is 0 Å². The number of nitrogen functional groups attached to an aromatic ring is 1. The van der Waals surface area contributed by atoms with Crippen LogP contribution in [-0.4, -0.2) is 18.7 Å². The number of aromatic nitrogens is 1. The molecule has 100 valence electrons. The molecule has 0 bridgehead atoms. The van der Waals surface area contributed by atoms with E-state index in [1.165, 1.54) is 22.8 Å². The summed E-state index contributed by atoms with van der Waals surface area (Å²) in [6.07, 6.45) is 1.57. The van der Waals surface area contributed by atoms with Crippen molar-refractivity contribution in [1.29, 1.82) is 0 Å². The van der Waals surface area contributed by atoms with Gasteiger partial charge in [-0.1, -0.05) is 12.1 Å². The third kappa shape index (κ3) is 3.23. The van der Waals surface area contributed by atoms with Crippen molar-refractivity contribution < 1.29 is 8.42 Å². The number of hydrogen-bond donors (Lipinski definition) is 1. The van der Waals surface area contributed by atoms with Crippen LogP contribution >= 0.6 is 0 Å². The van der Waals surface area contributed by atoms with Gasteiger partial charge in [0.15, 0.2) is 9.84 Å². The zero-order chi connectivity index (χ0) is 13.9. The molecule has 5 nitrogen and oxygen atoms in total. The van der Waals surface area contributed by atoms with Crippen molar-refractivity contribution in [1.82, 2.24) is 4.57 Å². The third-order valence-corrected chi connectivity index (χ3v) is 4.41. The molecule has 6 heteroatoms. The normalized spacial score (nSPS) is 11.4. The first-order chi connectivity index (χ1) is 8.99. The first-order valence-corrected chi connectivity index (χ1v) is 7.38. The molecule has 2 rings (SSSR count). The summed E-state index contributed by atoms with van der Waals surface area (Å²) in [4.78, 5) is 11.7. The average molecular weight is 278 g/mol. The second-order valence-electron chi connectivity index (χ2n) is 4.12. The van der Waals surface area contributed by atoms with Gasteiger partial charge >= 0.3 is 0 Å². The van der Waals surface area contributed by atoms with E-state index in [4.69, 9.17) is 5.73 Å². The summed E-state index contributed by atoms with van der Waals surface area (Å²) in [5.74, 6) is -0.139. The molecule has 0 spiro atoms. The zero-order valence-corrected chi connectivity index (χ0v) is 11.0. The molecule has 1 heterocycles. The Kier molecular flexibility index (Phi) is 3.71. The van der Waals surface area contributed by atoms with Crippen LogP contribution in [0, 0.1) is 0 Å². The SMILES string of the molecule is Nc1cccc(S(=O)(=O)CCn2ccccc2=O)c1. The lowest BCUT2D eigenvalue weighted by Crippen LogP contribution is -2.22. The van der Waals surface area contributed by atoms with Gasteiger partial charge < -0.3 is 10.3 Å². The number of anilines is 1. The number of hydrogen-bond acceptors (Lipinski definition) is 4. The molecule has 0 radical (unpaired) electrons. The highest BCUT2D eigenvalue weighted by molar-refractivity contribution is 7.91. The highest BCUT2D eigenvalue weighted by Crippen LogP contribution is 2.14. The Morgan fingerprint density at radius 1 is 1.11 bits per heavy atom. The summed E-state index contributed by atoms with van der Waals surface area (Å²) in [7, 11) is -3.44. The molecule has 0 unspecified atom stereocenters. The van der Waals surface area contributed by atoms with Crippen LogP contribution in [0.3, 0.4) is 0 Å². The van der Waals surface area contributed by atoms with Gasteiger partial charge in [0.1, 0.15) is 0 Å². The molecule has 0 saturated carbocycles. The molecule has 0 fully saturated rings. The van der Waals surface area contributed by atoms with Gasteiger partial charge in [0, 0.05) is 24.5 Å². The van der Waals surface area contributed by atoms with Crippen LogP contribution in [0.2, 0.25) is 0 Å². The third-order valence-electron chi connectivity index (χ3n) is 2.72. The molecule has 19 heavy (non-hydrogen) atoms. The molecule has 0 amide bonds. The van der Waals surface area contributed by atoms with Crippen molar-refractivity contribution >= 4 is 15.5 Å². The van der Waals surface area contributed by atoms with E-state index in [1.807, 2.05) is 0 Å². The summed E-state index contributed by atoms with van der Waals surface area (Å²) in [5.41, 5.74) is 5.75. The molecule has 1 aromatic carbocycles. The maximum absolute atomic E-state index is 12.1. The van der Waals surface area contributed by atoms with Gasteiger partial charge in [-0.15, -0.1) is 0 Å². The van der Waals surface area contributed by atoms with E-state index < -0.39 is 9.84 Å². The number of nitrogens with two attached hydrogens (primary N) is 1. The quantitative estimate of drug-likeness (QED) is 0.843. The molecule has 2 N–H and O–H groups in total. The lowest BCUT2D eigenvalue weighted by atomic mass is 10.3. The number of nitrogens with zero attached hydrogens (tertiary/aromatic N) is 1. The van der Waals surface area contributed by atoms with Crippen molar-refractivity contribution in [2.75, 3.05) is 11.5 Å². The van der Waals surface area contributed by atoms with Crippen molar-refractivity contribution in [3.8, 4) is 0 Å². The fourth-order valence-electron chi connectivity index (χ4n) is 1.69. The van der Waals surface area contributed by atoms with E-state index in [9.17, 15) is 13.2 Å². The van der Waals surface area contributed by atoms with Gasteiger partial charge in [-0.05, 0) is 24.3 Å². The van der Waals surface area contributed by atoms with Crippen molar-refractivity contribution in [3.05, 3.63) is 59.0 Å². The highest BCUT2D eigenvalue weighted by atomic mass is 32.2. The molecule has 0 aliphatic carbocycles. The Bertz CT molecular complexity index is 735. The molecule has 2 aromatic rings. The highest BCUT2D eigenvalue weighted by Gasteiger charge is 2.14. The number of benzene rings is 1. The minimum atomic E-state index is -3.44. The Labute approximate surface area is 111 Å². The fraction of sp³-hybridized carbons (Fsp3) is 0.154. The summed E-state index contributed by atoms with van der Waals surface area (Å²) in [6, 6.07) is 10.8. The summed E-state index contributed by atoms with van der Waals surface area (Å²) >= 11 is 0. The Balaban J connectivity index is 2.19. The van der Waals surface area contributed by atoms with Gasteiger partial charge in [-0.3, -0.25) is 4.79 Å². The van der Waals surface area contributed by atoms with Crippen LogP contribution in [-0.2, 0) is 16.4 Å². The van der Waals surface area contributed by atoms with Gasteiger partial charge in [0.2, 0.25) is 0 Å². The predicted molar refractivity (Wildman–Crippen MR) is 73.6 cm³/mol. The van der Waals surface area contributed by atoms with Crippen LogP contribution in [0.4, 0.5) is 5.69 Å². The summed E-state index contributed by atoms with van der Waals surface area (Å²) < 4.78 is 25.6. The second-order valence-corrected chi connectivity index (χ2v) is 6.23. The largest absolute Gasteiger partial charge is 0.399 e. The standard InChI is InChI=1S/C13H14N2O3S/c14-11-4-3-5-12(10-11)19(17,18)9-8-15-7-2-1-6-13(15)16/h1-7,10H,8-9,14H2. The Morgan fingerprint density at radius 3 is 2.58 bits per heavy atom. The van der Waals surface area contributed by atoms with E-state index in [2.05, 4.69) is 0 Å². The molecular formula is C13H14N2O3S. The van der Waals surface area contributed by atoms with Crippen LogP contribution in [0.15, 0.2) is 58.4 Å². The lowest BCUT2D eigenvalue weighted by Gasteiger charge is -2.07. The lowest BCUT2D eigenvalue weighted by molar-refractivity contribution is 0.587. The molecule has 1 aromatic heterocycles. The first-order valence-electron chi connectivity index (χ1n) is 5.73. The van der Waals surface area contributed by atoms with Crippen LogP contribution in [0.5, 0.6) is 0 Å². The molecule has 0 atom stereocenters. The fourth-order valence-corrected chi connectivity index (χ4v) is 2.96. The Hall–Kier alpha value is -2.08. The smallest absolute Gasteiger partial charge is 0.250 e. The van der Waals surface area contributed by atoms with Crippen molar-refractivity contribution in [3.63, 3.8) is 0 Å². The molecule has 0 aliphatic heterocycles. The average Bonchev–Trinajstić information content (AvgIpc) is 2.38. The van der Waals surface area contributed by atoms with E-state index in [-0.39, 0.29) is 22.8 Å². The van der Waals surface area contributed by atoms with E-state index in [0.717, 1.165) is 0 Å². The second kappa shape index (κ2) is 5.27. The topological polar surface area (TPSA) is 82.2 Å². The molecule has 0 aliphatic rings. The number of rotatable bonds is 4. The zero-order valence-electron chi connectivity index (χ0n) is 10.2. The molecule has 0 saturated heterocycles. The van der Waals surface area contributed by atoms with Gasteiger partial charge in [-0.2, -0.15) is 0 Å². The molecular weight excluding hydrogens is 264 g/mol. The minimum absolute atomic E-state index is 0.122. The number of pyridine rings is 1. The Morgan fingerprint density at radius 2 is 1.89 bits per heavy atom. The maximum Gasteiger partial charge on any atom is 0.250 e.